The molecule has 9 heteroatoms. The van der Waals surface area contributed by atoms with E-state index in [9.17, 15) is 24.6 Å². The number of phenols is 1. The van der Waals surface area contributed by atoms with E-state index in [0.29, 0.717) is 24.2 Å². The molecule has 1 aromatic rings. The molecule has 4 N–H and O–H groups in total. The van der Waals surface area contributed by atoms with Gasteiger partial charge < -0.3 is 20.3 Å². The summed E-state index contributed by atoms with van der Waals surface area (Å²) in [6.07, 6.45) is -0.279. The minimum absolute atomic E-state index is 0.0691. The van der Waals surface area contributed by atoms with Crippen LogP contribution in [-0.2, 0) is 14.3 Å². The van der Waals surface area contributed by atoms with Crippen molar-refractivity contribution in [2.24, 2.45) is 5.92 Å². The van der Waals surface area contributed by atoms with Crippen LogP contribution in [0.2, 0.25) is 0 Å². The van der Waals surface area contributed by atoms with Crippen LogP contribution in [-0.4, -0.2) is 58.3 Å². The quantitative estimate of drug-likeness (QED) is 0.455. The zero-order chi connectivity index (χ0) is 18.4. The van der Waals surface area contributed by atoms with Gasteiger partial charge in [-0.3, -0.25) is 15.0 Å². The number of carbonyl (C=O) groups is 3. The van der Waals surface area contributed by atoms with Crippen molar-refractivity contribution in [1.29, 1.82) is 0 Å². The number of amides is 2. The maximum absolute atomic E-state index is 12.1. The number of β-lactam (4-membered cyclic amide) rings is 1. The normalized spacial score (nSPS) is 26.2. The largest absolute Gasteiger partial charge is 0.508 e. The maximum atomic E-state index is 12.1. The van der Waals surface area contributed by atoms with Gasteiger partial charge in [0.05, 0.1) is 6.04 Å². The molecule has 0 saturated carbocycles. The molecule has 0 aliphatic carbocycles. The Balaban J connectivity index is 1.46. The molecule has 0 spiro atoms. The summed E-state index contributed by atoms with van der Waals surface area (Å²) in [6.45, 7) is 0.427. The summed E-state index contributed by atoms with van der Waals surface area (Å²) in [4.78, 5) is 37.1. The van der Waals surface area contributed by atoms with E-state index in [1.807, 2.05) is 0 Å². The summed E-state index contributed by atoms with van der Waals surface area (Å²) < 4.78 is 5.15. The van der Waals surface area contributed by atoms with Crippen LogP contribution in [0.3, 0.4) is 0 Å². The summed E-state index contributed by atoms with van der Waals surface area (Å²) in [6, 6.07) is 5.43. The van der Waals surface area contributed by atoms with Gasteiger partial charge in [-0.25, -0.2) is 9.59 Å². The molecule has 2 saturated heterocycles. The Morgan fingerprint density at radius 1 is 1.31 bits per heavy atom. The first-order chi connectivity index (χ1) is 12.5. The summed E-state index contributed by atoms with van der Waals surface area (Å²) in [5.74, 6) is -1.25. The van der Waals surface area contributed by atoms with Crippen LogP contribution >= 0.6 is 0 Å². The average Bonchev–Trinajstić information content (AvgIpc) is 3.01. The fraction of sp³-hybridized carbons (Fsp3) is 0.353. The molecular weight excluding hydrogens is 342 g/mol. The van der Waals surface area contributed by atoms with Crippen molar-refractivity contribution >= 4 is 23.7 Å². The molecule has 3 aliphatic heterocycles. The number of nitrogens with zero attached hydrogens (tertiary/aromatic N) is 1. The average molecular weight is 359 g/mol. The van der Waals surface area contributed by atoms with Crippen molar-refractivity contribution in [3.8, 4) is 5.75 Å². The number of carbonyl (C=O) groups excluding carboxylic acids is 2. The lowest BCUT2D eigenvalue weighted by Crippen LogP contribution is -2.68. The number of aliphatic carboxylic acids is 1. The van der Waals surface area contributed by atoms with Crippen molar-refractivity contribution in [2.45, 2.75) is 18.5 Å². The molecule has 0 bridgehead atoms. The Morgan fingerprint density at radius 3 is 2.73 bits per heavy atom. The monoisotopic (exact) mass is 359 g/mol. The number of anilines is 1. The number of carboxylic acids is 1. The number of nitrogens with one attached hydrogen (secondary N) is 2. The maximum Gasteiger partial charge on any atom is 0.411 e. The van der Waals surface area contributed by atoms with Crippen LogP contribution in [0.15, 0.2) is 35.5 Å². The van der Waals surface area contributed by atoms with E-state index in [-0.39, 0.29) is 42.0 Å². The number of benzene rings is 1. The number of hydrogen-bond donors (Lipinski definition) is 4. The van der Waals surface area contributed by atoms with E-state index in [2.05, 4.69) is 10.6 Å². The summed E-state index contributed by atoms with van der Waals surface area (Å²) >= 11 is 0. The number of rotatable bonds is 4. The van der Waals surface area contributed by atoms with Crippen molar-refractivity contribution in [3.05, 3.63) is 35.5 Å². The molecule has 0 aromatic heterocycles. The standard InChI is InChI=1S/C17H17N3O6/c21-11-3-1-10(2-4-11)19-17(25)26-7-9-5-8-6-18-12-13(8)20(15(12)22)14(9)16(23)24/h1-4,8,12-13,18,21H,5-7H2,(H,19,25)(H,23,24)/t8-,12+,13-/m1/s1. The van der Waals surface area contributed by atoms with E-state index in [1.54, 1.807) is 0 Å². The second kappa shape index (κ2) is 6.03. The van der Waals surface area contributed by atoms with E-state index in [4.69, 9.17) is 4.74 Å². The van der Waals surface area contributed by atoms with Crippen LogP contribution < -0.4 is 10.6 Å². The van der Waals surface area contributed by atoms with E-state index in [1.165, 1.54) is 29.2 Å². The minimum Gasteiger partial charge on any atom is -0.508 e. The van der Waals surface area contributed by atoms with Gasteiger partial charge in [0.2, 0.25) is 5.91 Å². The highest BCUT2D eigenvalue weighted by atomic mass is 16.5. The lowest BCUT2D eigenvalue weighted by atomic mass is 9.79. The highest BCUT2D eigenvalue weighted by Gasteiger charge is 2.59. The SMILES string of the molecule is O=C(Nc1ccc(O)cc1)OCC1=C(C(=O)O)N2C(=O)[C@H]3NC[C@@H](C1)[C@H]32. The molecule has 3 aliphatic rings. The van der Waals surface area contributed by atoms with Gasteiger partial charge in [0, 0.05) is 12.2 Å². The van der Waals surface area contributed by atoms with E-state index in [0.717, 1.165) is 0 Å². The summed E-state index contributed by atoms with van der Waals surface area (Å²) in [7, 11) is 0. The Bertz CT molecular complexity index is 818. The van der Waals surface area contributed by atoms with Gasteiger partial charge >= 0.3 is 12.1 Å². The number of aromatic hydroxyl groups is 1. The molecule has 2 amide bonds. The Hall–Kier alpha value is -3.07. The Morgan fingerprint density at radius 2 is 2.04 bits per heavy atom. The molecule has 0 unspecified atom stereocenters. The molecule has 4 rings (SSSR count). The molecule has 136 valence electrons. The van der Waals surface area contributed by atoms with Crippen LogP contribution in [0.25, 0.3) is 0 Å². The predicted molar refractivity (Wildman–Crippen MR) is 88.3 cm³/mol. The third kappa shape index (κ3) is 2.57. The fourth-order valence-electron chi connectivity index (χ4n) is 3.87. The highest BCUT2D eigenvalue weighted by molar-refractivity contribution is 6.00. The lowest BCUT2D eigenvalue weighted by molar-refractivity contribution is -0.153. The van der Waals surface area contributed by atoms with Gasteiger partial charge in [-0.1, -0.05) is 0 Å². The lowest BCUT2D eigenvalue weighted by Gasteiger charge is -2.48. The molecule has 9 nitrogen and oxygen atoms in total. The van der Waals surface area contributed by atoms with Gasteiger partial charge in [0.25, 0.3) is 0 Å². The number of hydrogen-bond acceptors (Lipinski definition) is 6. The first kappa shape index (κ1) is 16.4. The number of phenolic OH excluding ortho intramolecular Hbond substituents is 1. The molecule has 2 fully saturated rings. The van der Waals surface area contributed by atoms with Gasteiger partial charge in [-0.15, -0.1) is 0 Å². The van der Waals surface area contributed by atoms with Gasteiger partial charge in [-0.2, -0.15) is 0 Å². The topological polar surface area (TPSA) is 128 Å². The van der Waals surface area contributed by atoms with Crippen LogP contribution in [0.5, 0.6) is 5.75 Å². The summed E-state index contributed by atoms with van der Waals surface area (Å²) in [5, 5.41) is 24.3. The molecule has 3 heterocycles. The van der Waals surface area contributed by atoms with E-state index >= 15 is 0 Å². The second-order valence-electron chi connectivity index (χ2n) is 6.55. The highest BCUT2D eigenvalue weighted by Crippen LogP contribution is 2.43. The number of ether oxygens (including phenoxy) is 1. The van der Waals surface area contributed by atoms with Crippen molar-refractivity contribution in [3.63, 3.8) is 0 Å². The molecule has 26 heavy (non-hydrogen) atoms. The van der Waals surface area contributed by atoms with Crippen molar-refractivity contribution in [2.75, 3.05) is 18.5 Å². The fourth-order valence-corrected chi connectivity index (χ4v) is 3.87. The Labute approximate surface area is 148 Å². The first-order valence-electron chi connectivity index (χ1n) is 8.20. The Kier molecular flexibility index (Phi) is 3.80. The van der Waals surface area contributed by atoms with Crippen molar-refractivity contribution < 1.29 is 29.3 Å². The zero-order valence-electron chi connectivity index (χ0n) is 13.6. The van der Waals surface area contributed by atoms with Crippen molar-refractivity contribution in [1.82, 2.24) is 10.2 Å². The predicted octanol–water partition coefficient (Wildman–Crippen LogP) is 0.482. The third-order valence-corrected chi connectivity index (χ3v) is 5.00. The van der Waals surface area contributed by atoms with Crippen LogP contribution in [0.4, 0.5) is 10.5 Å². The smallest absolute Gasteiger partial charge is 0.411 e. The molecule has 0 radical (unpaired) electrons. The number of carboxylic acid groups (broad SMARTS) is 1. The van der Waals surface area contributed by atoms with Gasteiger partial charge in [0.15, 0.2) is 0 Å². The van der Waals surface area contributed by atoms with Crippen LogP contribution in [0.1, 0.15) is 6.42 Å². The van der Waals surface area contributed by atoms with E-state index < -0.39 is 12.1 Å². The first-order valence-corrected chi connectivity index (χ1v) is 8.20. The van der Waals surface area contributed by atoms with Gasteiger partial charge in [0.1, 0.15) is 24.1 Å². The molecule has 3 atom stereocenters. The van der Waals surface area contributed by atoms with Gasteiger partial charge in [-0.05, 0) is 42.2 Å². The van der Waals surface area contributed by atoms with Crippen LogP contribution in [0, 0.1) is 5.92 Å². The molecule has 1 aromatic carbocycles. The minimum atomic E-state index is -1.19. The zero-order valence-corrected chi connectivity index (χ0v) is 13.6. The summed E-state index contributed by atoms with van der Waals surface area (Å²) in [5.41, 5.74) is 0.786. The second-order valence-corrected chi connectivity index (χ2v) is 6.55. The third-order valence-electron chi connectivity index (χ3n) is 5.00. The molecular formula is C17H17N3O6.